The average Bonchev–Trinajstić information content (AvgIpc) is 2.35. The van der Waals surface area contributed by atoms with Crippen LogP contribution in [-0.4, -0.2) is 37.5 Å². The van der Waals surface area contributed by atoms with E-state index in [0.717, 1.165) is 18.7 Å². The molecule has 1 heterocycles. The van der Waals surface area contributed by atoms with Crippen molar-refractivity contribution in [3.8, 4) is 0 Å². The molecule has 22 heavy (non-hydrogen) atoms. The van der Waals surface area contributed by atoms with Crippen LogP contribution in [0.15, 0.2) is 18.2 Å². The molecule has 1 aliphatic rings. The molecule has 1 aliphatic heterocycles. The minimum Gasteiger partial charge on any atom is -0.444 e. The lowest BCUT2D eigenvalue weighted by molar-refractivity contribution is -0.0502. The summed E-state index contributed by atoms with van der Waals surface area (Å²) >= 11 is 6.26. The molecule has 1 aromatic carbocycles. The van der Waals surface area contributed by atoms with Gasteiger partial charge in [-0.05, 0) is 44.5 Å². The minimum atomic E-state index is -0.531. The highest BCUT2D eigenvalue weighted by molar-refractivity contribution is 6.31. The number of halogens is 1. The molecule has 0 atom stereocenters. The van der Waals surface area contributed by atoms with Crippen LogP contribution in [0.25, 0.3) is 0 Å². The van der Waals surface area contributed by atoms with E-state index in [1.165, 1.54) is 0 Å². The van der Waals surface area contributed by atoms with Crippen LogP contribution in [0.1, 0.15) is 26.3 Å². The topological polar surface area (TPSA) is 59.6 Å². The highest BCUT2D eigenvalue weighted by Gasteiger charge is 2.37. The van der Waals surface area contributed by atoms with Gasteiger partial charge in [-0.2, -0.15) is 0 Å². The van der Waals surface area contributed by atoms with Gasteiger partial charge in [0.25, 0.3) is 0 Å². The number of methoxy groups -OCH3 is 1. The van der Waals surface area contributed by atoms with E-state index in [2.05, 4.69) is 10.6 Å². The highest BCUT2D eigenvalue weighted by Crippen LogP contribution is 2.28. The average molecular weight is 327 g/mol. The first-order chi connectivity index (χ1) is 10.2. The van der Waals surface area contributed by atoms with Gasteiger partial charge in [0.15, 0.2) is 0 Å². The second-order valence-corrected chi connectivity index (χ2v) is 7.01. The fourth-order valence-electron chi connectivity index (χ4n) is 2.30. The number of carbonyl (C=O) groups is 1. The van der Waals surface area contributed by atoms with E-state index in [4.69, 9.17) is 21.1 Å². The normalized spacial score (nSPS) is 16.8. The van der Waals surface area contributed by atoms with Gasteiger partial charge in [0.05, 0.1) is 5.60 Å². The van der Waals surface area contributed by atoms with Crippen molar-refractivity contribution in [2.75, 3.05) is 25.5 Å². The van der Waals surface area contributed by atoms with E-state index in [-0.39, 0.29) is 5.60 Å². The molecule has 0 unspecified atom stereocenters. The molecule has 0 radical (unpaired) electrons. The predicted molar refractivity (Wildman–Crippen MR) is 87.6 cm³/mol. The number of rotatable bonds is 4. The Hall–Kier alpha value is -1.30. The Morgan fingerprint density at radius 2 is 2.09 bits per heavy atom. The van der Waals surface area contributed by atoms with E-state index in [9.17, 15) is 4.79 Å². The Morgan fingerprint density at radius 1 is 1.41 bits per heavy atom. The summed E-state index contributed by atoms with van der Waals surface area (Å²) in [5.74, 6) is 0. The third-order valence-corrected chi connectivity index (χ3v) is 3.90. The van der Waals surface area contributed by atoms with E-state index < -0.39 is 11.7 Å². The third-order valence-electron chi connectivity index (χ3n) is 3.53. The number of carbonyl (C=O) groups excluding carboxylic acids is 1. The maximum atomic E-state index is 11.8. The molecule has 5 nitrogen and oxygen atoms in total. The van der Waals surface area contributed by atoms with Gasteiger partial charge in [-0.1, -0.05) is 11.6 Å². The van der Waals surface area contributed by atoms with Gasteiger partial charge in [0, 0.05) is 37.3 Å². The van der Waals surface area contributed by atoms with Gasteiger partial charge in [-0.15, -0.1) is 0 Å². The summed E-state index contributed by atoms with van der Waals surface area (Å²) in [5.41, 5.74) is 0.858. The Morgan fingerprint density at radius 3 is 2.59 bits per heavy atom. The number of hydrogen-bond donors (Lipinski definition) is 2. The van der Waals surface area contributed by atoms with Crippen LogP contribution in [0, 0.1) is 0 Å². The molecule has 1 saturated heterocycles. The van der Waals surface area contributed by atoms with Gasteiger partial charge < -0.3 is 14.8 Å². The molecular formula is C16H23ClN2O3. The standard InChI is InChI=1S/C16H23ClN2O3/c1-15(2,3)22-14(20)19-12-5-6-13(17)11(7-12)8-16(21-4)9-18-10-16/h5-7,18H,8-10H2,1-4H3,(H,19,20). The van der Waals surface area contributed by atoms with Crippen LogP contribution >= 0.6 is 11.6 Å². The van der Waals surface area contributed by atoms with E-state index in [0.29, 0.717) is 17.1 Å². The van der Waals surface area contributed by atoms with Crippen molar-refractivity contribution in [1.29, 1.82) is 0 Å². The molecule has 1 fully saturated rings. The Kier molecular flexibility index (Phi) is 5.00. The van der Waals surface area contributed by atoms with Gasteiger partial charge >= 0.3 is 6.09 Å². The molecule has 1 amide bonds. The predicted octanol–water partition coefficient (Wildman–Crippen LogP) is 3.22. The third kappa shape index (κ3) is 4.35. The van der Waals surface area contributed by atoms with Crippen molar-refractivity contribution in [2.45, 2.75) is 38.4 Å². The van der Waals surface area contributed by atoms with Crippen LogP contribution in [0.3, 0.4) is 0 Å². The van der Waals surface area contributed by atoms with Crippen molar-refractivity contribution < 1.29 is 14.3 Å². The number of benzene rings is 1. The number of ether oxygens (including phenoxy) is 2. The fourth-order valence-corrected chi connectivity index (χ4v) is 2.49. The quantitative estimate of drug-likeness (QED) is 0.892. The van der Waals surface area contributed by atoms with Crippen LogP contribution in [0.5, 0.6) is 0 Å². The molecule has 0 bridgehead atoms. The lowest BCUT2D eigenvalue weighted by Crippen LogP contribution is -2.61. The maximum Gasteiger partial charge on any atom is 0.412 e. The van der Waals surface area contributed by atoms with Crippen LogP contribution < -0.4 is 10.6 Å². The summed E-state index contributed by atoms with van der Waals surface area (Å²) in [7, 11) is 1.71. The monoisotopic (exact) mass is 326 g/mol. The number of hydrogen-bond acceptors (Lipinski definition) is 4. The zero-order valence-corrected chi connectivity index (χ0v) is 14.2. The maximum absolute atomic E-state index is 11.8. The SMILES string of the molecule is COC1(Cc2cc(NC(=O)OC(C)(C)C)ccc2Cl)CNC1. The van der Waals surface area contributed by atoms with Crippen molar-refractivity contribution in [3.63, 3.8) is 0 Å². The minimum absolute atomic E-state index is 0.214. The number of amides is 1. The Balaban J connectivity index is 2.08. The molecular weight excluding hydrogens is 304 g/mol. The largest absolute Gasteiger partial charge is 0.444 e. The molecule has 0 aromatic heterocycles. The molecule has 0 aliphatic carbocycles. The summed E-state index contributed by atoms with van der Waals surface area (Å²) in [6, 6.07) is 5.40. The molecule has 2 rings (SSSR count). The lowest BCUT2D eigenvalue weighted by Gasteiger charge is -2.41. The molecule has 0 spiro atoms. The summed E-state index contributed by atoms with van der Waals surface area (Å²) in [5, 5.41) is 6.60. The summed E-state index contributed by atoms with van der Waals surface area (Å²) < 4.78 is 10.8. The smallest absolute Gasteiger partial charge is 0.412 e. The van der Waals surface area contributed by atoms with Crippen LogP contribution in [0.4, 0.5) is 10.5 Å². The summed E-state index contributed by atoms with van der Waals surface area (Å²) in [4.78, 5) is 11.8. The second kappa shape index (κ2) is 6.44. The number of anilines is 1. The second-order valence-electron chi connectivity index (χ2n) is 6.60. The van der Waals surface area contributed by atoms with E-state index in [1.54, 1.807) is 19.2 Å². The van der Waals surface area contributed by atoms with Crippen molar-refractivity contribution in [2.24, 2.45) is 0 Å². The fraction of sp³-hybridized carbons (Fsp3) is 0.562. The first-order valence-corrected chi connectivity index (χ1v) is 7.65. The molecule has 0 saturated carbocycles. The van der Waals surface area contributed by atoms with Crippen molar-refractivity contribution in [3.05, 3.63) is 28.8 Å². The first-order valence-electron chi connectivity index (χ1n) is 7.27. The van der Waals surface area contributed by atoms with Crippen molar-refractivity contribution >= 4 is 23.4 Å². The number of nitrogens with one attached hydrogen (secondary N) is 2. The lowest BCUT2D eigenvalue weighted by atomic mass is 9.88. The van der Waals surface area contributed by atoms with Gasteiger partial charge in [0.1, 0.15) is 5.60 Å². The Bertz CT molecular complexity index is 545. The zero-order valence-electron chi connectivity index (χ0n) is 13.5. The van der Waals surface area contributed by atoms with Crippen LogP contribution in [-0.2, 0) is 15.9 Å². The summed E-state index contributed by atoms with van der Waals surface area (Å²) in [6.07, 6.45) is 0.214. The molecule has 2 N–H and O–H groups in total. The summed E-state index contributed by atoms with van der Waals surface area (Å²) in [6.45, 7) is 7.07. The first kappa shape index (κ1) is 17.1. The van der Waals surface area contributed by atoms with E-state index >= 15 is 0 Å². The van der Waals surface area contributed by atoms with Gasteiger partial charge in [-0.3, -0.25) is 5.32 Å². The zero-order chi connectivity index (χ0) is 16.4. The molecule has 1 aromatic rings. The van der Waals surface area contributed by atoms with Crippen molar-refractivity contribution in [1.82, 2.24) is 5.32 Å². The van der Waals surface area contributed by atoms with E-state index in [1.807, 2.05) is 26.8 Å². The van der Waals surface area contributed by atoms with Gasteiger partial charge in [-0.25, -0.2) is 4.79 Å². The Labute approximate surface area is 136 Å². The molecule has 122 valence electrons. The van der Waals surface area contributed by atoms with Crippen LogP contribution in [0.2, 0.25) is 5.02 Å². The highest BCUT2D eigenvalue weighted by atomic mass is 35.5. The van der Waals surface area contributed by atoms with Gasteiger partial charge in [0.2, 0.25) is 0 Å². The molecule has 6 heteroatoms.